The van der Waals surface area contributed by atoms with Crippen molar-refractivity contribution in [3.05, 3.63) is 0 Å². The zero-order valence-corrected chi connectivity index (χ0v) is 10.6. The molecule has 1 saturated carbocycles. The molecule has 1 aliphatic heterocycles. The molecule has 0 spiro atoms. The number of carboxylic acid groups (broad SMARTS) is 1. The molecule has 1 saturated heterocycles. The van der Waals surface area contributed by atoms with Gasteiger partial charge < -0.3 is 10.0 Å². The molecule has 0 aromatic rings. The Morgan fingerprint density at radius 1 is 1.24 bits per heavy atom. The van der Waals surface area contributed by atoms with Crippen LogP contribution in [-0.4, -0.2) is 35.0 Å². The molecule has 2 rings (SSSR count). The van der Waals surface area contributed by atoms with Gasteiger partial charge in [0.05, 0.1) is 5.41 Å². The molecule has 96 valence electrons. The van der Waals surface area contributed by atoms with E-state index in [1.165, 1.54) is 0 Å². The lowest BCUT2D eigenvalue weighted by molar-refractivity contribution is -0.153. The predicted molar refractivity (Wildman–Crippen MR) is 63.4 cm³/mol. The van der Waals surface area contributed by atoms with Crippen LogP contribution in [0.3, 0.4) is 0 Å². The summed E-state index contributed by atoms with van der Waals surface area (Å²) in [6, 6.07) is 0. The first kappa shape index (κ1) is 12.4. The van der Waals surface area contributed by atoms with Crippen molar-refractivity contribution in [3.8, 4) is 0 Å². The number of hydrogen-bond acceptors (Lipinski definition) is 2. The van der Waals surface area contributed by atoms with Crippen LogP contribution in [0.15, 0.2) is 0 Å². The third-order valence-corrected chi connectivity index (χ3v) is 4.23. The third-order valence-electron chi connectivity index (χ3n) is 4.23. The number of carbonyl (C=O) groups is 2. The quantitative estimate of drug-likeness (QED) is 0.816. The normalized spacial score (nSPS) is 25.8. The first-order valence-corrected chi connectivity index (χ1v) is 6.45. The number of likely N-dealkylation sites (tertiary alicyclic amines) is 1. The molecule has 1 amide bonds. The first-order chi connectivity index (χ1) is 7.93. The van der Waals surface area contributed by atoms with Crippen molar-refractivity contribution >= 4 is 11.9 Å². The number of rotatable bonds is 3. The molecule has 1 aliphatic carbocycles. The summed E-state index contributed by atoms with van der Waals surface area (Å²) in [5.74, 6) is -0.197. The lowest BCUT2D eigenvalue weighted by atomic mass is 9.74. The van der Waals surface area contributed by atoms with Crippen LogP contribution in [0.5, 0.6) is 0 Å². The highest BCUT2D eigenvalue weighted by atomic mass is 16.4. The van der Waals surface area contributed by atoms with Gasteiger partial charge in [0.25, 0.3) is 0 Å². The molecule has 17 heavy (non-hydrogen) atoms. The molecule has 1 atom stereocenters. The molecule has 0 radical (unpaired) electrons. The fraction of sp³-hybridized carbons (Fsp3) is 0.846. The molecule has 4 nitrogen and oxygen atoms in total. The second-order valence-corrected chi connectivity index (χ2v) is 5.92. The zero-order valence-electron chi connectivity index (χ0n) is 10.6. The van der Waals surface area contributed by atoms with E-state index in [-0.39, 0.29) is 17.7 Å². The number of nitrogens with zero attached hydrogens (tertiary/aromatic N) is 1. The van der Waals surface area contributed by atoms with E-state index in [2.05, 4.69) is 0 Å². The Hall–Kier alpha value is -1.06. The van der Waals surface area contributed by atoms with Gasteiger partial charge in [0.1, 0.15) is 0 Å². The lowest BCUT2D eigenvalue weighted by Gasteiger charge is -2.39. The van der Waals surface area contributed by atoms with E-state index < -0.39 is 11.4 Å². The largest absolute Gasteiger partial charge is 0.481 e. The van der Waals surface area contributed by atoms with Gasteiger partial charge in [0.2, 0.25) is 5.91 Å². The van der Waals surface area contributed by atoms with E-state index in [1.54, 1.807) is 13.8 Å². The summed E-state index contributed by atoms with van der Waals surface area (Å²) in [7, 11) is 0. The van der Waals surface area contributed by atoms with Gasteiger partial charge in [-0.15, -0.1) is 0 Å². The van der Waals surface area contributed by atoms with Gasteiger partial charge in [-0.2, -0.15) is 0 Å². The van der Waals surface area contributed by atoms with Crippen LogP contribution in [0, 0.1) is 17.3 Å². The fourth-order valence-corrected chi connectivity index (χ4v) is 2.53. The minimum Gasteiger partial charge on any atom is -0.481 e. The third kappa shape index (κ3) is 2.45. The summed E-state index contributed by atoms with van der Waals surface area (Å²) in [4.78, 5) is 25.1. The summed E-state index contributed by atoms with van der Waals surface area (Å²) < 4.78 is 0. The first-order valence-electron chi connectivity index (χ1n) is 6.45. The summed E-state index contributed by atoms with van der Waals surface area (Å²) in [5.41, 5.74) is -0.734. The van der Waals surface area contributed by atoms with Gasteiger partial charge in [-0.25, -0.2) is 0 Å². The molecule has 1 unspecified atom stereocenters. The average molecular weight is 239 g/mol. The maximum atomic E-state index is 12.0. The Bertz CT molecular complexity index is 334. The van der Waals surface area contributed by atoms with E-state index in [0.29, 0.717) is 6.54 Å². The van der Waals surface area contributed by atoms with E-state index in [9.17, 15) is 14.7 Å². The van der Waals surface area contributed by atoms with E-state index in [1.807, 2.05) is 4.90 Å². The number of carbonyl (C=O) groups excluding carboxylic acids is 1. The smallest absolute Gasteiger partial charge is 0.309 e. The highest BCUT2D eigenvalue weighted by molar-refractivity contribution is 5.81. The van der Waals surface area contributed by atoms with E-state index in [4.69, 9.17) is 0 Å². The molecule has 2 aliphatic rings. The van der Waals surface area contributed by atoms with Gasteiger partial charge >= 0.3 is 5.97 Å². The second kappa shape index (κ2) is 4.31. The molecule has 0 aromatic carbocycles. The summed E-state index contributed by atoms with van der Waals surface area (Å²) in [6.45, 7) is 4.96. The van der Waals surface area contributed by atoms with Crippen molar-refractivity contribution < 1.29 is 14.7 Å². The fourth-order valence-electron chi connectivity index (χ4n) is 2.53. The Labute approximate surface area is 102 Å². The summed E-state index contributed by atoms with van der Waals surface area (Å²) in [6.07, 6.45) is 3.87. The average Bonchev–Trinajstić information content (AvgIpc) is 3.12. The minimum atomic E-state index is -0.761. The highest BCUT2D eigenvalue weighted by Gasteiger charge is 2.42. The van der Waals surface area contributed by atoms with Crippen LogP contribution >= 0.6 is 0 Å². The molecular formula is C13H21NO3. The zero-order chi connectivity index (χ0) is 12.6. The Morgan fingerprint density at radius 2 is 1.88 bits per heavy atom. The summed E-state index contributed by atoms with van der Waals surface area (Å²) >= 11 is 0. The minimum absolute atomic E-state index is 0.0800. The number of amides is 1. The van der Waals surface area contributed by atoms with E-state index in [0.717, 1.165) is 32.2 Å². The number of hydrogen-bond donors (Lipinski definition) is 1. The maximum Gasteiger partial charge on any atom is 0.309 e. The van der Waals surface area contributed by atoms with Crippen LogP contribution in [-0.2, 0) is 9.59 Å². The highest BCUT2D eigenvalue weighted by Crippen LogP contribution is 2.37. The molecule has 0 bridgehead atoms. The molecule has 4 heteroatoms. The van der Waals surface area contributed by atoms with Crippen LogP contribution in [0.25, 0.3) is 0 Å². The van der Waals surface area contributed by atoms with Crippen LogP contribution in [0.2, 0.25) is 0 Å². The molecule has 2 fully saturated rings. The Morgan fingerprint density at radius 3 is 2.41 bits per heavy atom. The SMILES string of the molecule is CC(C)(C(=O)O)C1CCCN(C(=O)C2CC2)C1. The predicted octanol–water partition coefficient (Wildman–Crippen LogP) is 1.75. The van der Waals surface area contributed by atoms with Gasteiger partial charge in [0, 0.05) is 19.0 Å². The van der Waals surface area contributed by atoms with Crippen LogP contribution < -0.4 is 0 Å². The summed E-state index contributed by atoms with van der Waals surface area (Å²) in [5, 5.41) is 9.24. The Balaban J connectivity index is 2.01. The topological polar surface area (TPSA) is 57.6 Å². The molecule has 1 N–H and O–H groups in total. The Kier molecular flexibility index (Phi) is 3.15. The van der Waals surface area contributed by atoms with Crippen molar-refractivity contribution in [2.75, 3.05) is 13.1 Å². The van der Waals surface area contributed by atoms with Crippen LogP contribution in [0.4, 0.5) is 0 Å². The van der Waals surface area contributed by atoms with Gasteiger partial charge in [0.15, 0.2) is 0 Å². The molecule has 1 heterocycles. The van der Waals surface area contributed by atoms with Crippen molar-refractivity contribution in [1.82, 2.24) is 4.90 Å². The maximum absolute atomic E-state index is 12.0. The monoisotopic (exact) mass is 239 g/mol. The van der Waals surface area contributed by atoms with Gasteiger partial charge in [-0.1, -0.05) is 0 Å². The molecule has 0 aromatic heterocycles. The van der Waals surface area contributed by atoms with E-state index >= 15 is 0 Å². The second-order valence-electron chi connectivity index (χ2n) is 5.92. The van der Waals surface area contributed by atoms with Gasteiger partial charge in [-0.05, 0) is 45.4 Å². The number of aliphatic carboxylic acids is 1. The van der Waals surface area contributed by atoms with Crippen molar-refractivity contribution in [3.63, 3.8) is 0 Å². The van der Waals surface area contributed by atoms with Crippen molar-refractivity contribution in [2.24, 2.45) is 17.3 Å². The van der Waals surface area contributed by atoms with Crippen LogP contribution in [0.1, 0.15) is 39.5 Å². The van der Waals surface area contributed by atoms with Crippen molar-refractivity contribution in [2.45, 2.75) is 39.5 Å². The number of piperidine rings is 1. The number of carboxylic acids is 1. The lowest BCUT2D eigenvalue weighted by Crippen LogP contribution is -2.47. The van der Waals surface area contributed by atoms with Gasteiger partial charge in [-0.3, -0.25) is 9.59 Å². The standard InChI is InChI=1S/C13H21NO3/c1-13(2,12(16)17)10-4-3-7-14(8-10)11(15)9-5-6-9/h9-10H,3-8H2,1-2H3,(H,16,17). The molecular weight excluding hydrogens is 218 g/mol. The van der Waals surface area contributed by atoms with Crippen molar-refractivity contribution in [1.29, 1.82) is 0 Å².